The molecule has 0 amide bonds. The number of aryl methyl sites for hydroxylation is 2. The number of hydrogen-bond acceptors (Lipinski definition) is 4. The molecule has 102 valence electrons. The summed E-state index contributed by atoms with van der Waals surface area (Å²) in [7, 11) is 3.37. The summed E-state index contributed by atoms with van der Waals surface area (Å²) in [5, 5.41) is 7.60. The van der Waals surface area contributed by atoms with Gasteiger partial charge in [0.2, 0.25) is 0 Å². The maximum atomic E-state index is 11.4. The van der Waals surface area contributed by atoms with Gasteiger partial charge in [-0.3, -0.25) is 9.48 Å². The quantitative estimate of drug-likeness (QED) is 0.772. The van der Waals surface area contributed by atoms with Crippen molar-refractivity contribution in [3.63, 3.8) is 0 Å². The van der Waals surface area contributed by atoms with Crippen molar-refractivity contribution in [2.24, 2.45) is 7.05 Å². The van der Waals surface area contributed by atoms with Gasteiger partial charge >= 0.3 is 5.97 Å². The van der Waals surface area contributed by atoms with Gasteiger partial charge in [0.25, 0.3) is 0 Å². The molecule has 1 N–H and O–H groups in total. The van der Waals surface area contributed by atoms with Crippen molar-refractivity contribution < 1.29 is 9.53 Å². The molecule has 0 aliphatic heterocycles. The lowest BCUT2D eigenvalue weighted by Gasteiger charge is -2.14. The molecule has 5 heteroatoms. The molecule has 1 atom stereocenters. The van der Waals surface area contributed by atoms with Gasteiger partial charge in [-0.2, -0.15) is 5.10 Å². The van der Waals surface area contributed by atoms with Gasteiger partial charge < -0.3 is 10.1 Å². The van der Waals surface area contributed by atoms with E-state index in [9.17, 15) is 4.79 Å². The second-order valence-electron chi connectivity index (χ2n) is 4.46. The summed E-state index contributed by atoms with van der Waals surface area (Å²) in [4.78, 5) is 11.4. The number of aromatic nitrogens is 2. The van der Waals surface area contributed by atoms with E-state index >= 15 is 0 Å². The van der Waals surface area contributed by atoms with Gasteiger partial charge in [-0.15, -0.1) is 0 Å². The second-order valence-corrected chi connectivity index (χ2v) is 4.46. The van der Waals surface area contributed by atoms with Crippen molar-refractivity contribution >= 4 is 5.97 Å². The molecule has 1 unspecified atom stereocenters. The molecule has 0 radical (unpaired) electrons. The van der Waals surface area contributed by atoms with Crippen LogP contribution in [0, 0.1) is 13.8 Å². The molecule has 18 heavy (non-hydrogen) atoms. The largest absolute Gasteiger partial charge is 0.468 e. The zero-order chi connectivity index (χ0) is 13.7. The van der Waals surface area contributed by atoms with Gasteiger partial charge in [-0.05, 0) is 32.3 Å². The molecule has 1 aromatic heterocycles. The minimum Gasteiger partial charge on any atom is -0.468 e. The van der Waals surface area contributed by atoms with Crippen molar-refractivity contribution in [3.05, 3.63) is 17.0 Å². The first kappa shape index (κ1) is 14.7. The standard InChI is InChI=1S/C13H23N3O2/c1-6-12(13(17)18-5)14-8-7-11-9(2)15-16(4)10(11)3/h12,14H,6-8H2,1-5H3. The van der Waals surface area contributed by atoms with Crippen LogP contribution in [0.15, 0.2) is 0 Å². The lowest BCUT2D eigenvalue weighted by Crippen LogP contribution is -2.38. The number of hydrogen-bond donors (Lipinski definition) is 1. The highest BCUT2D eigenvalue weighted by Gasteiger charge is 2.16. The van der Waals surface area contributed by atoms with E-state index in [2.05, 4.69) is 17.3 Å². The molecule has 0 bridgehead atoms. The summed E-state index contributed by atoms with van der Waals surface area (Å²) in [6.07, 6.45) is 1.61. The van der Waals surface area contributed by atoms with E-state index in [0.717, 1.165) is 25.1 Å². The van der Waals surface area contributed by atoms with Gasteiger partial charge in [-0.25, -0.2) is 0 Å². The lowest BCUT2D eigenvalue weighted by molar-refractivity contribution is -0.143. The van der Waals surface area contributed by atoms with Gasteiger partial charge in [0, 0.05) is 19.3 Å². The van der Waals surface area contributed by atoms with Crippen LogP contribution in [0.4, 0.5) is 0 Å². The van der Waals surface area contributed by atoms with Crippen LogP contribution in [-0.2, 0) is 23.0 Å². The van der Waals surface area contributed by atoms with Gasteiger partial charge in [0.15, 0.2) is 0 Å². The minimum atomic E-state index is -0.215. The van der Waals surface area contributed by atoms with Crippen LogP contribution in [0.3, 0.4) is 0 Å². The summed E-state index contributed by atoms with van der Waals surface area (Å²) in [5.41, 5.74) is 3.49. The molecular formula is C13H23N3O2. The van der Waals surface area contributed by atoms with Crippen LogP contribution >= 0.6 is 0 Å². The van der Waals surface area contributed by atoms with Crippen LogP contribution in [0.25, 0.3) is 0 Å². The van der Waals surface area contributed by atoms with E-state index in [1.807, 2.05) is 25.6 Å². The molecule has 1 heterocycles. The Morgan fingerprint density at radius 2 is 2.17 bits per heavy atom. The van der Waals surface area contributed by atoms with Crippen molar-refractivity contribution in [2.75, 3.05) is 13.7 Å². The first-order valence-electron chi connectivity index (χ1n) is 6.31. The SMILES string of the molecule is CCC(NCCc1c(C)nn(C)c1C)C(=O)OC. The number of nitrogens with one attached hydrogen (secondary N) is 1. The Bertz CT molecular complexity index is 413. The van der Waals surface area contributed by atoms with Crippen LogP contribution in [-0.4, -0.2) is 35.4 Å². The van der Waals surface area contributed by atoms with E-state index in [1.54, 1.807) is 0 Å². The highest BCUT2D eigenvalue weighted by Crippen LogP contribution is 2.12. The third kappa shape index (κ3) is 3.32. The predicted octanol–water partition coefficient (Wildman–Crippen LogP) is 1.12. The molecule has 1 rings (SSSR count). The Hall–Kier alpha value is -1.36. The van der Waals surface area contributed by atoms with E-state index in [1.165, 1.54) is 18.4 Å². The van der Waals surface area contributed by atoms with Gasteiger partial charge in [0.1, 0.15) is 6.04 Å². The number of nitrogens with zero attached hydrogens (tertiary/aromatic N) is 2. The molecule has 0 saturated heterocycles. The van der Waals surface area contributed by atoms with Crippen LogP contribution < -0.4 is 5.32 Å². The normalized spacial score (nSPS) is 12.5. The Balaban J connectivity index is 2.53. The third-order valence-corrected chi connectivity index (χ3v) is 3.32. The molecule has 0 saturated carbocycles. The fourth-order valence-corrected chi connectivity index (χ4v) is 2.09. The van der Waals surface area contributed by atoms with Crippen LogP contribution in [0.5, 0.6) is 0 Å². The number of carbonyl (C=O) groups excluding carboxylic acids is 1. The fourth-order valence-electron chi connectivity index (χ4n) is 2.09. The Morgan fingerprint density at radius 1 is 1.50 bits per heavy atom. The topological polar surface area (TPSA) is 56.2 Å². The predicted molar refractivity (Wildman–Crippen MR) is 70.5 cm³/mol. The summed E-state index contributed by atoms with van der Waals surface area (Å²) in [6.45, 7) is 6.79. The molecule has 0 spiro atoms. The molecule has 0 aromatic carbocycles. The number of esters is 1. The maximum absolute atomic E-state index is 11.4. The highest BCUT2D eigenvalue weighted by molar-refractivity contribution is 5.75. The maximum Gasteiger partial charge on any atom is 0.322 e. The Morgan fingerprint density at radius 3 is 2.61 bits per heavy atom. The van der Waals surface area contributed by atoms with Crippen LogP contribution in [0.2, 0.25) is 0 Å². The number of rotatable bonds is 6. The first-order valence-corrected chi connectivity index (χ1v) is 6.31. The zero-order valence-electron chi connectivity index (χ0n) is 11.9. The number of ether oxygens (including phenoxy) is 1. The molecule has 0 aliphatic carbocycles. The smallest absolute Gasteiger partial charge is 0.322 e. The molecule has 5 nitrogen and oxygen atoms in total. The number of carbonyl (C=O) groups is 1. The zero-order valence-corrected chi connectivity index (χ0v) is 11.9. The van der Waals surface area contributed by atoms with E-state index in [-0.39, 0.29) is 12.0 Å². The minimum absolute atomic E-state index is 0.197. The summed E-state index contributed by atoms with van der Waals surface area (Å²) in [6, 6.07) is -0.215. The summed E-state index contributed by atoms with van der Waals surface area (Å²) >= 11 is 0. The van der Waals surface area contributed by atoms with Gasteiger partial charge in [0.05, 0.1) is 12.8 Å². The Kier molecular flexibility index (Phi) is 5.34. The lowest BCUT2D eigenvalue weighted by atomic mass is 10.1. The summed E-state index contributed by atoms with van der Waals surface area (Å²) < 4.78 is 6.63. The van der Waals surface area contributed by atoms with Gasteiger partial charge in [-0.1, -0.05) is 6.92 Å². The second kappa shape index (κ2) is 6.54. The fraction of sp³-hybridized carbons (Fsp3) is 0.692. The van der Waals surface area contributed by atoms with E-state index < -0.39 is 0 Å². The first-order chi connectivity index (χ1) is 8.51. The molecular weight excluding hydrogens is 230 g/mol. The molecule has 1 aromatic rings. The van der Waals surface area contributed by atoms with Crippen molar-refractivity contribution in [1.82, 2.24) is 15.1 Å². The monoisotopic (exact) mass is 253 g/mol. The third-order valence-electron chi connectivity index (χ3n) is 3.32. The number of methoxy groups -OCH3 is 1. The molecule has 0 aliphatic rings. The van der Waals surface area contributed by atoms with Crippen LogP contribution in [0.1, 0.15) is 30.3 Å². The molecule has 0 fully saturated rings. The average molecular weight is 253 g/mol. The van der Waals surface area contributed by atoms with Crippen molar-refractivity contribution in [1.29, 1.82) is 0 Å². The van der Waals surface area contributed by atoms with E-state index in [0.29, 0.717) is 0 Å². The Labute approximate surface area is 109 Å². The van der Waals surface area contributed by atoms with Crippen molar-refractivity contribution in [3.8, 4) is 0 Å². The average Bonchev–Trinajstić information content (AvgIpc) is 2.59. The van der Waals surface area contributed by atoms with E-state index in [4.69, 9.17) is 4.74 Å². The summed E-state index contributed by atoms with van der Waals surface area (Å²) in [5.74, 6) is -0.197. The highest BCUT2D eigenvalue weighted by atomic mass is 16.5. The van der Waals surface area contributed by atoms with Crippen molar-refractivity contribution in [2.45, 2.75) is 39.7 Å².